The number of fused-ring (bicyclic) bond motifs is 4. The van der Waals surface area contributed by atoms with Gasteiger partial charge in [0.1, 0.15) is 13.2 Å². The highest BCUT2D eigenvalue weighted by Gasteiger charge is 2.46. The molecule has 5 atom stereocenters. The quantitative estimate of drug-likeness (QED) is 0.0342. The summed E-state index contributed by atoms with van der Waals surface area (Å²) in [6, 6.07) is 36.3. The van der Waals surface area contributed by atoms with Gasteiger partial charge in [0.05, 0.1) is 90.5 Å². The number of rotatable bonds is 21. The highest BCUT2D eigenvalue weighted by atomic mass is 33.1. The molecule has 11 rings (SSSR count). The minimum atomic E-state index is -1.46. The number of nitrogens with one attached hydrogen (secondary N) is 1. The summed E-state index contributed by atoms with van der Waals surface area (Å²) in [4.78, 5) is 90.2. The molecule has 0 unspecified atom stereocenters. The second-order valence-corrected chi connectivity index (χ2v) is 26.8. The number of pyridine rings is 2. The van der Waals surface area contributed by atoms with Gasteiger partial charge >= 0.3 is 12.2 Å². The number of hydrogen-bond donors (Lipinski definition) is 3. The summed E-state index contributed by atoms with van der Waals surface area (Å²) in [5.41, 5.74) is 5.71. The van der Waals surface area contributed by atoms with Crippen molar-refractivity contribution in [3.8, 4) is 23.0 Å². The Kier molecular flexibility index (Phi) is 21.8. The standard InChI is InChI=1S/C33H30N4O8S2.C33H32N4O8S2/c1-19(46-47-24-9-7-23(8-10-24)37(41)42)18-45-33(40)36-27-16-30(44-3)29(43-2)15-25(27)31(38)35-17-22(14-28(35)32(36)39)20-6-11-26-21(13-20)5-4-12-34-26;1-20(46-47-26-9-7-24(8-10-26)37(41)42)19-45-33(40)35-29-16-31(44-3)30(43-2)15-27(29)32(39)36-17-23(14-25(36)18-38)21-6-11-28-22(13-21)5-4-12-34-28/h4-13,15-17,19,28,32,39H,14,18H2,1-3H3;4-13,15-17,20,25,38H,14,18-19H2,1-3H3,(H,35,40)/t19-,28+,32+;20-,25+/m11/s1. The number of carbonyl (C=O) groups is 4. The van der Waals surface area contributed by atoms with Gasteiger partial charge in [0.2, 0.25) is 0 Å². The molecule has 3 N–H and O–H groups in total. The number of aliphatic hydroxyl groups is 2. The topological polar surface area (TPSA) is 298 Å². The van der Waals surface area contributed by atoms with Gasteiger partial charge < -0.3 is 48.4 Å². The van der Waals surface area contributed by atoms with E-state index in [1.807, 2.05) is 74.5 Å². The zero-order chi connectivity index (χ0) is 66.7. The van der Waals surface area contributed by atoms with Crippen LogP contribution < -0.4 is 29.2 Å². The third kappa shape index (κ3) is 15.4. The Balaban J connectivity index is 0.000000205. The first kappa shape index (κ1) is 67.3. The van der Waals surface area contributed by atoms with Crippen molar-refractivity contribution in [1.29, 1.82) is 0 Å². The van der Waals surface area contributed by atoms with E-state index in [0.717, 1.165) is 58.8 Å². The number of hydrogen-bond acceptors (Lipinski definition) is 22. The van der Waals surface area contributed by atoms with Gasteiger partial charge in [0, 0.05) is 92.3 Å². The van der Waals surface area contributed by atoms with Crippen molar-refractivity contribution < 1.29 is 67.7 Å². The van der Waals surface area contributed by atoms with Gasteiger partial charge in [0.15, 0.2) is 29.2 Å². The Hall–Kier alpha value is -9.58. The SMILES string of the molecule is COc1cc(NC(=O)OC[C@@H](C)SSc2ccc([N+](=O)[O-])cc2)c(C(=O)N2C=C(c3ccc4ncccc4c3)C[C@H]2CO)cc1OC.COc1cc2c(cc1OC)N(C(=O)OC[C@@H](C)SSc1ccc([N+](=O)[O-])cc1)[C@@H](O)[C@@H]1CC(c3ccc4ncccc4c3)=CN1C2=O. The maximum Gasteiger partial charge on any atom is 0.416 e. The molecule has 0 bridgehead atoms. The van der Waals surface area contributed by atoms with Crippen LogP contribution in [0.2, 0.25) is 0 Å². The van der Waals surface area contributed by atoms with Crippen LogP contribution >= 0.6 is 43.2 Å². The number of nitrogens with zero attached hydrogens (tertiary/aromatic N) is 7. The van der Waals surface area contributed by atoms with Crippen molar-refractivity contribution in [2.75, 3.05) is 58.5 Å². The van der Waals surface area contributed by atoms with Crippen molar-refractivity contribution in [1.82, 2.24) is 19.8 Å². The normalized spacial score (nSPS) is 16.3. The van der Waals surface area contributed by atoms with Crippen LogP contribution in [-0.4, -0.2) is 141 Å². The summed E-state index contributed by atoms with van der Waals surface area (Å²) in [5.74, 6) is 0.274. The third-order valence-electron chi connectivity index (χ3n) is 15.2. The first-order chi connectivity index (χ1) is 45.4. The molecule has 28 heteroatoms. The number of ether oxygens (including phenoxy) is 6. The summed E-state index contributed by atoms with van der Waals surface area (Å²) in [7, 11) is 11.4. The lowest BCUT2D eigenvalue weighted by atomic mass is 9.99. The van der Waals surface area contributed by atoms with Crippen molar-refractivity contribution in [3.05, 3.63) is 201 Å². The predicted molar refractivity (Wildman–Crippen MR) is 362 cm³/mol. The smallest absolute Gasteiger partial charge is 0.416 e. The Morgan fingerprint density at radius 3 is 1.70 bits per heavy atom. The van der Waals surface area contributed by atoms with E-state index < -0.39 is 52.2 Å². The highest BCUT2D eigenvalue weighted by Crippen LogP contribution is 2.45. The molecule has 0 aliphatic carbocycles. The summed E-state index contributed by atoms with van der Waals surface area (Å²) >= 11 is 0. The molecule has 5 heterocycles. The molecule has 24 nitrogen and oxygen atoms in total. The molecule has 8 aromatic rings. The summed E-state index contributed by atoms with van der Waals surface area (Å²) < 4.78 is 33.0. The van der Waals surface area contributed by atoms with Crippen LogP contribution in [0.1, 0.15) is 58.5 Å². The number of benzene rings is 6. The first-order valence-electron chi connectivity index (χ1n) is 29.0. The Morgan fingerprint density at radius 2 is 1.17 bits per heavy atom. The lowest BCUT2D eigenvalue weighted by molar-refractivity contribution is -0.385. The van der Waals surface area contributed by atoms with Crippen LogP contribution in [-0.2, 0) is 9.47 Å². The zero-order valence-electron chi connectivity index (χ0n) is 51.3. The second kappa shape index (κ2) is 30.4. The molecule has 4 amide bonds. The number of methoxy groups -OCH3 is 4. The number of nitro groups is 2. The lowest BCUT2D eigenvalue weighted by Gasteiger charge is -2.32. The van der Waals surface area contributed by atoms with E-state index in [-0.39, 0.29) is 82.1 Å². The maximum absolute atomic E-state index is 14.1. The van der Waals surface area contributed by atoms with E-state index in [9.17, 15) is 49.6 Å². The molecular formula is C66H62N8O16S4. The van der Waals surface area contributed by atoms with Crippen molar-refractivity contribution in [3.63, 3.8) is 0 Å². The van der Waals surface area contributed by atoms with Crippen LogP contribution in [0.4, 0.5) is 32.3 Å². The number of nitro benzene ring substituents is 2. The Labute approximate surface area is 554 Å². The number of amides is 4. The van der Waals surface area contributed by atoms with Crippen LogP contribution in [0.15, 0.2) is 168 Å². The summed E-state index contributed by atoms with van der Waals surface area (Å²) in [6.45, 7) is 3.52. The van der Waals surface area contributed by atoms with Crippen molar-refractivity contribution in [2.45, 2.75) is 65.3 Å². The highest BCUT2D eigenvalue weighted by molar-refractivity contribution is 8.77. The second-order valence-electron chi connectivity index (χ2n) is 21.4. The molecule has 2 aromatic heterocycles. The van der Waals surface area contributed by atoms with Crippen LogP contribution in [0.25, 0.3) is 33.0 Å². The van der Waals surface area contributed by atoms with Gasteiger partial charge in [0.25, 0.3) is 23.2 Å². The molecule has 0 radical (unpaired) electrons. The van der Waals surface area contributed by atoms with Crippen molar-refractivity contribution >= 4 is 123 Å². The van der Waals surface area contributed by atoms with E-state index in [1.54, 1.807) is 49.1 Å². The molecule has 0 fully saturated rings. The minimum absolute atomic E-state index is 0.00283. The minimum Gasteiger partial charge on any atom is -0.493 e. The molecule has 0 saturated heterocycles. The molecular weight excluding hydrogens is 1290 g/mol. The fraction of sp³-hybridized carbons (Fsp3) is 0.242. The van der Waals surface area contributed by atoms with Gasteiger partial charge in [-0.15, -0.1) is 0 Å². The van der Waals surface area contributed by atoms with Crippen LogP contribution in [0.3, 0.4) is 0 Å². The first-order valence-corrected chi connectivity index (χ1v) is 33.4. The molecule has 0 spiro atoms. The number of aromatic nitrogens is 2. The maximum atomic E-state index is 14.1. The largest absolute Gasteiger partial charge is 0.493 e. The van der Waals surface area contributed by atoms with Gasteiger partial charge in [-0.25, -0.2) is 14.5 Å². The fourth-order valence-corrected chi connectivity index (χ4v) is 14.4. The van der Waals surface area contributed by atoms with Gasteiger partial charge in [-0.1, -0.05) is 67.4 Å². The molecule has 486 valence electrons. The zero-order valence-corrected chi connectivity index (χ0v) is 54.6. The Bertz CT molecular complexity index is 4240. The molecule has 3 aliphatic rings. The fourth-order valence-electron chi connectivity index (χ4n) is 10.5. The average molecular weight is 1350 g/mol. The average Bonchev–Trinajstić information content (AvgIpc) is 1.58. The molecule has 94 heavy (non-hydrogen) atoms. The van der Waals surface area contributed by atoms with Crippen LogP contribution in [0, 0.1) is 20.2 Å². The molecule has 6 aromatic carbocycles. The number of non-ortho nitro benzene ring substituents is 2. The monoisotopic (exact) mass is 1350 g/mol. The van der Waals surface area contributed by atoms with E-state index in [0.29, 0.717) is 17.9 Å². The number of aliphatic hydroxyl groups excluding tert-OH is 2. The predicted octanol–water partition coefficient (Wildman–Crippen LogP) is 13.3. The number of carbonyl (C=O) groups excluding carboxylic acids is 4. The number of anilines is 2. The summed E-state index contributed by atoms with van der Waals surface area (Å²) in [6.07, 6.45) is 4.53. The van der Waals surface area contributed by atoms with Crippen molar-refractivity contribution in [2.24, 2.45) is 0 Å². The van der Waals surface area contributed by atoms with E-state index >= 15 is 0 Å². The van der Waals surface area contributed by atoms with E-state index in [1.165, 1.54) is 130 Å². The lowest BCUT2D eigenvalue weighted by Crippen LogP contribution is -2.50. The van der Waals surface area contributed by atoms with E-state index in [2.05, 4.69) is 15.3 Å². The molecule has 3 aliphatic heterocycles. The van der Waals surface area contributed by atoms with E-state index in [4.69, 9.17) is 28.4 Å². The van der Waals surface area contributed by atoms with Gasteiger partial charge in [-0.05, 0) is 122 Å². The van der Waals surface area contributed by atoms with Gasteiger partial charge in [-0.3, -0.25) is 45.1 Å². The van der Waals surface area contributed by atoms with Crippen LogP contribution in [0.5, 0.6) is 23.0 Å². The summed E-state index contributed by atoms with van der Waals surface area (Å²) in [5, 5.41) is 48.1. The Morgan fingerprint density at radius 1 is 0.660 bits per heavy atom. The molecule has 0 saturated carbocycles. The van der Waals surface area contributed by atoms with Gasteiger partial charge in [-0.2, -0.15) is 0 Å². The third-order valence-corrected chi connectivity index (χ3v) is 21.0.